The number of nitrogens with zero attached hydrogens (tertiary/aromatic N) is 2. The lowest BCUT2D eigenvalue weighted by molar-refractivity contribution is -0.385. The molecule has 0 radical (unpaired) electrons. The Morgan fingerprint density at radius 1 is 1.00 bits per heavy atom. The van der Waals surface area contributed by atoms with E-state index in [0.29, 0.717) is 17.1 Å². The van der Waals surface area contributed by atoms with Crippen LogP contribution in [-0.4, -0.2) is 17.9 Å². The first-order valence-corrected chi connectivity index (χ1v) is 8.36. The fourth-order valence-electron chi connectivity index (χ4n) is 2.65. The van der Waals surface area contributed by atoms with E-state index in [1.165, 1.54) is 23.1 Å². The van der Waals surface area contributed by atoms with E-state index in [1.54, 1.807) is 55.6 Å². The van der Waals surface area contributed by atoms with Crippen molar-refractivity contribution in [1.29, 1.82) is 0 Å². The van der Waals surface area contributed by atoms with Crippen LogP contribution in [0, 0.1) is 10.1 Å². The lowest BCUT2D eigenvalue weighted by Gasteiger charge is -2.23. The average molecular weight is 383 g/mol. The molecule has 0 fully saturated rings. The van der Waals surface area contributed by atoms with Gasteiger partial charge in [0.2, 0.25) is 0 Å². The highest BCUT2D eigenvalue weighted by Gasteiger charge is 2.27. The van der Waals surface area contributed by atoms with Gasteiger partial charge in [0.15, 0.2) is 0 Å². The predicted molar refractivity (Wildman–Crippen MR) is 104 cm³/mol. The number of halogens is 1. The molecule has 0 N–H and O–H groups in total. The Bertz CT molecular complexity index is 975. The number of hydrogen-bond acceptors (Lipinski definition) is 4. The summed E-state index contributed by atoms with van der Waals surface area (Å²) in [7, 11) is 1.55. The number of benzene rings is 3. The number of carbonyl (C=O) groups is 1. The van der Waals surface area contributed by atoms with Crippen LogP contribution in [0.15, 0.2) is 72.8 Å². The highest BCUT2D eigenvalue weighted by Crippen LogP contribution is 2.32. The van der Waals surface area contributed by atoms with Crippen LogP contribution in [0.4, 0.5) is 17.1 Å². The largest absolute Gasteiger partial charge is 0.497 e. The molecule has 0 spiro atoms. The van der Waals surface area contributed by atoms with Gasteiger partial charge >= 0.3 is 0 Å². The number of ether oxygens (including phenoxy) is 1. The number of anilines is 2. The topological polar surface area (TPSA) is 72.7 Å². The minimum absolute atomic E-state index is 0.0518. The Morgan fingerprint density at radius 2 is 1.63 bits per heavy atom. The van der Waals surface area contributed by atoms with Gasteiger partial charge in [0, 0.05) is 22.5 Å². The lowest BCUT2D eigenvalue weighted by atomic mass is 10.1. The Morgan fingerprint density at radius 3 is 2.22 bits per heavy atom. The molecule has 3 aromatic rings. The molecule has 0 aliphatic rings. The Kier molecular flexibility index (Phi) is 5.38. The zero-order chi connectivity index (χ0) is 19.4. The summed E-state index contributed by atoms with van der Waals surface area (Å²) in [4.78, 5) is 25.5. The first kappa shape index (κ1) is 18.4. The quantitative estimate of drug-likeness (QED) is 0.447. The molecule has 0 aliphatic carbocycles. The molecule has 7 heteroatoms. The number of amides is 1. The molecule has 0 unspecified atom stereocenters. The summed E-state index contributed by atoms with van der Waals surface area (Å²) in [5.74, 6) is 0.103. The molecule has 0 atom stereocenters. The highest BCUT2D eigenvalue weighted by molar-refractivity contribution is 6.31. The van der Waals surface area contributed by atoms with Crippen molar-refractivity contribution in [2.75, 3.05) is 12.0 Å². The van der Waals surface area contributed by atoms with E-state index in [1.807, 2.05) is 6.07 Å². The van der Waals surface area contributed by atoms with Crippen molar-refractivity contribution in [2.24, 2.45) is 0 Å². The third-order valence-electron chi connectivity index (χ3n) is 3.93. The number of methoxy groups -OCH3 is 1. The van der Waals surface area contributed by atoms with Crippen molar-refractivity contribution in [3.63, 3.8) is 0 Å². The molecule has 0 saturated carbocycles. The van der Waals surface area contributed by atoms with Crippen LogP contribution >= 0.6 is 11.6 Å². The van der Waals surface area contributed by atoms with Crippen molar-refractivity contribution < 1.29 is 14.5 Å². The SMILES string of the molecule is COc1ccc(N(C(=O)c2ccc(Cl)cc2[N+](=O)[O-])c2ccccc2)cc1. The van der Waals surface area contributed by atoms with Crippen LogP contribution in [-0.2, 0) is 0 Å². The second kappa shape index (κ2) is 7.88. The average Bonchev–Trinajstić information content (AvgIpc) is 2.69. The summed E-state index contributed by atoms with van der Waals surface area (Å²) in [6.45, 7) is 0. The van der Waals surface area contributed by atoms with Gasteiger partial charge in [-0.05, 0) is 48.5 Å². The van der Waals surface area contributed by atoms with E-state index in [9.17, 15) is 14.9 Å². The number of hydrogen-bond donors (Lipinski definition) is 0. The van der Waals surface area contributed by atoms with Gasteiger partial charge in [-0.3, -0.25) is 19.8 Å². The first-order chi connectivity index (χ1) is 13.0. The second-order valence-corrected chi connectivity index (χ2v) is 6.03. The summed E-state index contributed by atoms with van der Waals surface area (Å²) in [6, 6.07) is 19.8. The zero-order valence-corrected chi connectivity index (χ0v) is 15.1. The molecule has 0 bridgehead atoms. The van der Waals surface area contributed by atoms with Gasteiger partial charge in [-0.25, -0.2) is 0 Å². The third kappa shape index (κ3) is 3.91. The molecular weight excluding hydrogens is 368 g/mol. The van der Waals surface area contributed by atoms with Crippen LogP contribution in [0.25, 0.3) is 0 Å². The fourth-order valence-corrected chi connectivity index (χ4v) is 2.82. The Balaban J connectivity index is 2.13. The normalized spacial score (nSPS) is 10.3. The van der Waals surface area contributed by atoms with E-state index < -0.39 is 10.8 Å². The van der Waals surface area contributed by atoms with Crippen molar-refractivity contribution in [1.82, 2.24) is 0 Å². The lowest BCUT2D eigenvalue weighted by Crippen LogP contribution is -2.26. The van der Waals surface area contributed by atoms with E-state index >= 15 is 0 Å². The highest BCUT2D eigenvalue weighted by atomic mass is 35.5. The van der Waals surface area contributed by atoms with Gasteiger partial charge in [-0.1, -0.05) is 29.8 Å². The molecule has 3 rings (SSSR count). The van der Waals surface area contributed by atoms with E-state index in [4.69, 9.17) is 16.3 Å². The number of nitro groups is 1. The van der Waals surface area contributed by atoms with Crippen molar-refractivity contribution in [3.8, 4) is 5.75 Å². The molecule has 27 heavy (non-hydrogen) atoms. The molecule has 0 aliphatic heterocycles. The van der Waals surface area contributed by atoms with Gasteiger partial charge in [0.05, 0.1) is 12.0 Å². The van der Waals surface area contributed by atoms with Crippen LogP contribution in [0.5, 0.6) is 5.75 Å². The number of para-hydroxylation sites is 1. The molecule has 1 amide bonds. The van der Waals surface area contributed by atoms with Gasteiger partial charge in [-0.15, -0.1) is 0 Å². The molecule has 0 saturated heterocycles. The van der Waals surface area contributed by atoms with Gasteiger partial charge in [0.1, 0.15) is 11.3 Å². The van der Waals surface area contributed by atoms with Crippen LogP contribution < -0.4 is 9.64 Å². The van der Waals surface area contributed by atoms with Gasteiger partial charge in [0.25, 0.3) is 11.6 Å². The first-order valence-electron chi connectivity index (χ1n) is 7.99. The summed E-state index contributed by atoms with van der Waals surface area (Å²) in [5, 5.41) is 11.6. The second-order valence-electron chi connectivity index (χ2n) is 5.59. The van der Waals surface area contributed by atoms with E-state index in [0.717, 1.165) is 0 Å². The number of rotatable bonds is 5. The van der Waals surface area contributed by atoms with Crippen LogP contribution in [0.3, 0.4) is 0 Å². The maximum absolute atomic E-state index is 13.3. The minimum atomic E-state index is -0.615. The van der Waals surface area contributed by atoms with Crippen LogP contribution in [0.2, 0.25) is 5.02 Å². The summed E-state index contributed by atoms with van der Waals surface area (Å²) in [5.41, 5.74) is 0.735. The third-order valence-corrected chi connectivity index (χ3v) is 4.17. The van der Waals surface area contributed by atoms with Gasteiger partial charge < -0.3 is 4.74 Å². The molecule has 0 aromatic heterocycles. The molecular formula is C20H15ClN2O4. The minimum Gasteiger partial charge on any atom is -0.497 e. The predicted octanol–water partition coefficient (Wildman–Crippen LogP) is 5.24. The molecule has 3 aromatic carbocycles. The molecule has 136 valence electrons. The van der Waals surface area contributed by atoms with E-state index in [2.05, 4.69) is 0 Å². The molecule has 6 nitrogen and oxygen atoms in total. The Hall–Kier alpha value is -3.38. The molecule has 0 heterocycles. The van der Waals surface area contributed by atoms with Crippen molar-refractivity contribution in [3.05, 3.63) is 93.5 Å². The number of carbonyl (C=O) groups excluding carboxylic acids is 1. The van der Waals surface area contributed by atoms with Crippen LogP contribution in [0.1, 0.15) is 10.4 Å². The maximum Gasteiger partial charge on any atom is 0.283 e. The zero-order valence-electron chi connectivity index (χ0n) is 14.3. The van der Waals surface area contributed by atoms with Crippen molar-refractivity contribution >= 4 is 34.6 Å². The summed E-state index contributed by atoms with van der Waals surface area (Å²) in [6.07, 6.45) is 0. The van der Waals surface area contributed by atoms with E-state index in [-0.39, 0.29) is 16.3 Å². The monoisotopic (exact) mass is 382 g/mol. The number of nitro benzene ring substituents is 1. The standard InChI is InChI=1S/C20H15ClN2O4/c1-27-17-10-8-16(9-11-17)22(15-5-3-2-4-6-15)20(24)18-12-7-14(21)13-19(18)23(25)26/h2-13H,1H3. The Labute approximate surface area is 160 Å². The summed E-state index contributed by atoms with van der Waals surface area (Å²) >= 11 is 5.87. The van der Waals surface area contributed by atoms with Gasteiger partial charge in [-0.2, -0.15) is 0 Å². The maximum atomic E-state index is 13.3. The summed E-state index contributed by atoms with van der Waals surface area (Å²) < 4.78 is 5.16. The fraction of sp³-hybridized carbons (Fsp3) is 0.0500. The van der Waals surface area contributed by atoms with Crippen molar-refractivity contribution in [2.45, 2.75) is 0 Å². The smallest absolute Gasteiger partial charge is 0.283 e.